The van der Waals surface area contributed by atoms with Crippen LogP contribution >= 0.6 is 11.3 Å². The van der Waals surface area contributed by atoms with Gasteiger partial charge < -0.3 is 10.1 Å². The highest BCUT2D eigenvalue weighted by atomic mass is 32.1. The van der Waals surface area contributed by atoms with Crippen LogP contribution < -0.4 is 5.32 Å². The van der Waals surface area contributed by atoms with Crippen LogP contribution in [0.2, 0.25) is 0 Å². The molecule has 0 aromatic carbocycles. The van der Waals surface area contributed by atoms with Crippen molar-refractivity contribution in [3.05, 3.63) is 16.1 Å². The van der Waals surface area contributed by atoms with E-state index in [9.17, 15) is 0 Å². The summed E-state index contributed by atoms with van der Waals surface area (Å²) in [6.45, 7) is 9.37. The minimum absolute atomic E-state index is 0.331. The van der Waals surface area contributed by atoms with Crippen molar-refractivity contribution >= 4 is 11.3 Å². The smallest absolute Gasteiger partial charge is 0.0934 e. The first-order valence-corrected chi connectivity index (χ1v) is 7.64. The van der Waals surface area contributed by atoms with Gasteiger partial charge in [-0.15, -0.1) is 11.3 Å². The zero-order valence-corrected chi connectivity index (χ0v) is 12.9. The van der Waals surface area contributed by atoms with Crippen LogP contribution in [0.25, 0.3) is 0 Å². The first kappa shape index (κ1) is 15.6. The zero-order valence-electron chi connectivity index (χ0n) is 12.1. The summed E-state index contributed by atoms with van der Waals surface area (Å²) in [5.74, 6) is 0. The Hall–Kier alpha value is -0.450. The van der Waals surface area contributed by atoms with Crippen LogP contribution in [0.3, 0.4) is 0 Å². The van der Waals surface area contributed by atoms with Gasteiger partial charge >= 0.3 is 0 Å². The molecule has 1 aromatic heterocycles. The Balaban J connectivity index is 2.55. The Labute approximate surface area is 115 Å². The minimum atomic E-state index is 0.331. The molecule has 0 aliphatic heterocycles. The molecule has 1 heterocycles. The largest absolute Gasteiger partial charge is 0.383 e. The van der Waals surface area contributed by atoms with E-state index in [4.69, 9.17) is 4.74 Å². The molecule has 1 rings (SSSR count). The summed E-state index contributed by atoms with van der Waals surface area (Å²) < 4.78 is 5.07. The van der Waals surface area contributed by atoms with Crippen molar-refractivity contribution in [2.45, 2.75) is 40.0 Å². The predicted octanol–water partition coefficient (Wildman–Crippen LogP) is 3.04. The van der Waals surface area contributed by atoms with Gasteiger partial charge in [-0.3, -0.25) is 0 Å². The van der Waals surface area contributed by atoms with Crippen molar-refractivity contribution in [2.75, 3.05) is 26.8 Å². The number of thiazole rings is 1. The van der Waals surface area contributed by atoms with E-state index in [-0.39, 0.29) is 0 Å². The third-order valence-corrected chi connectivity index (χ3v) is 4.64. The molecular formula is C14H26N2OS. The third-order valence-electron chi connectivity index (χ3n) is 3.68. The van der Waals surface area contributed by atoms with Gasteiger partial charge in [0, 0.05) is 37.7 Å². The molecular weight excluding hydrogens is 244 g/mol. The van der Waals surface area contributed by atoms with E-state index in [0.717, 1.165) is 31.8 Å². The van der Waals surface area contributed by atoms with E-state index in [1.807, 2.05) is 0 Å². The summed E-state index contributed by atoms with van der Waals surface area (Å²) >= 11 is 1.79. The van der Waals surface area contributed by atoms with Crippen molar-refractivity contribution in [2.24, 2.45) is 5.41 Å². The number of rotatable bonds is 9. The number of hydrogen-bond acceptors (Lipinski definition) is 4. The molecule has 0 spiro atoms. The molecule has 104 valence electrons. The Morgan fingerprint density at radius 2 is 2.11 bits per heavy atom. The van der Waals surface area contributed by atoms with Gasteiger partial charge in [0.1, 0.15) is 0 Å². The van der Waals surface area contributed by atoms with Crippen molar-refractivity contribution < 1.29 is 4.74 Å². The van der Waals surface area contributed by atoms with Crippen LogP contribution in [0, 0.1) is 12.3 Å². The molecule has 1 N–H and O–H groups in total. The van der Waals surface area contributed by atoms with E-state index in [1.54, 1.807) is 18.4 Å². The molecule has 0 saturated carbocycles. The summed E-state index contributed by atoms with van der Waals surface area (Å²) in [5, 5.41) is 6.92. The molecule has 0 amide bonds. The molecule has 1 aromatic rings. The molecule has 4 heteroatoms. The van der Waals surface area contributed by atoms with Crippen molar-refractivity contribution in [3.63, 3.8) is 0 Å². The standard InChI is InChI=1S/C14H26N2OS/c1-5-14(6-2,11-15-7-8-17-4)9-13-16-12(3)10-18-13/h10,15H,5-9,11H2,1-4H3. The lowest BCUT2D eigenvalue weighted by atomic mass is 9.79. The topological polar surface area (TPSA) is 34.1 Å². The monoisotopic (exact) mass is 270 g/mol. The molecule has 0 radical (unpaired) electrons. The first-order valence-electron chi connectivity index (χ1n) is 6.76. The van der Waals surface area contributed by atoms with E-state index in [0.29, 0.717) is 5.41 Å². The van der Waals surface area contributed by atoms with E-state index in [1.165, 1.54) is 17.8 Å². The lowest BCUT2D eigenvalue weighted by Gasteiger charge is -2.31. The summed E-state index contributed by atoms with van der Waals surface area (Å²) in [6, 6.07) is 0. The van der Waals surface area contributed by atoms with E-state index < -0.39 is 0 Å². The summed E-state index contributed by atoms with van der Waals surface area (Å²) in [6.07, 6.45) is 3.45. The zero-order chi connectivity index (χ0) is 13.4. The summed E-state index contributed by atoms with van der Waals surface area (Å²) in [4.78, 5) is 4.60. The van der Waals surface area contributed by atoms with Gasteiger partial charge in [0.25, 0.3) is 0 Å². The molecule has 3 nitrogen and oxygen atoms in total. The molecule has 18 heavy (non-hydrogen) atoms. The number of methoxy groups -OCH3 is 1. The van der Waals surface area contributed by atoms with Crippen molar-refractivity contribution in [1.29, 1.82) is 0 Å². The average Bonchev–Trinajstić information content (AvgIpc) is 2.78. The fraction of sp³-hybridized carbons (Fsp3) is 0.786. The number of ether oxygens (including phenoxy) is 1. The van der Waals surface area contributed by atoms with Gasteiger partial charge in [-0.05, 0) is 25.2 Å². The molecule has 0 saturated heterocycles. The quantitative estimate of drug-likeness (QED) is 0.700. The van der Waals surface area contributed by atoms with Gasteiger partial charge in [0.2, 0.25) is 0 Å². The number of nitrogens with zero attached hydrogens (tertiary/aromatic N) is 1. The van der Waals surface area contributed by atoms with Crippen LogP contribution in [0.4, 0.5) is 0 Å². The molecule has 0 atom stereocenters. The third kappa shape index (κ3) is 4.67. The molecule has 0 fully saturated rings. The summed E-state index contributed by atoms with van der Waals surface area (Å²) in [7, 11) is 1.74. The van der Waals surface area contributed by atoms with Crippen molar-refractivity contribution in [3.8, 4) is 0 Å². The van der Waals surface area contributed by atoms with E-state index >= 15 is 0 Å². The van der Waals surface area contributed by atoms with Gasteiger partial charge in [-0.25, -0.2) is 4.98 Å². The Kier molecular flexibility index (Phi) is 6.82. The number of aromatic nitrogens is 1. The summed E-state index contributed by atoms with van der Waals surface area (Å²) in [5.41, 5.74) is 1.47. The van der Waals surface area contributed by atoms with Crippen LogP contribution in [-0.4, -0.2) is 31.8 Å². The maximum Gasteiger partial charge on any atom is 0.0934 e. The lowest BCUT2D eigenvalue weighted by Crippen LogP contribution is -2.36. The SMILES string of the molecule is CCC(CC)(CNCCOC)Cc1nc(C)cs1. The maximum atomic E-state index is 5.07. The van der Waals surface area contributed by atoms with Crippen LogP contribution in [-0.2, 0) is 11.2 Å². The highest BCUT2D eigenvalue weighted by molar-refractivity contribution is 7.09. The Morgan fingerprint density at radius 3 is 2.61 bits per heavy atom. The fourth-order valence-electron chi connectivity index (χ4n) is 2.14. The minimum Gasteiger partial charge on any atom is -0.383 e. The van der Waals surface area contributed by atoms with Gasteiger partial charge in [-0.2, -0.15) is 0 Å². The predicted molar refractivity (Wildman–Crippen MR) is 78.3 cm³/mol. The molecule has 0 aliphatic rings. The second-order valence-electron chi connectivity index (χ2n) is 4.94. The van der Waals surface area contributed by atoms with Crippen LogP contribution in [0.1, 0.15) is 37.4 Å². The number of nitrogens with one attached hydrogen (secondary N) is 1. The first-order chi connectivity index (χ1) is 8.65. The second kappa shape index (κ2) is 7.87. The number of aryl methyl sites for hydroxylation is 1. The second-order valence-corrected chi connectivity index (χ2v) is 5.88. The van der Waals surface area contributed by atoms with Crippen LogP contribution in [0.5, 0.6) is 0 Å². The normalized spacial score (nSPS) is 12.0. The highest BCUT2D eigenvalue weighted by Gasteiger charge is 2.27. The van der Waals surface area contributed by atoms with E-state index in [2.05, 4.69) is 36.5 Å². The van der Waals surface area contributed by atoms with Gasteiger partial charge in [0.15, 0.2) is 0 Å². The highest BCUT2D eigenvalue weighted by Crippen LogP contribution is 2.31. The average molecular weight is 270 g/mol. The van der Waals surface area contributed by atoms with Gasteiger partial charge in [0.05, 0.1) is 11.6 Å². The molecule has 0 bridgehead atoms. The lowest BCUT2D eigenvalue weighted by molar-refractivity contribution is 0.185. The van der Waals surface area contributed by atoms with Crippen LogP contribution in [0.15, 0.2) is 5.38 Å². The Morgan fingerprint density at radius 1 is 1.39 bits per heavy atom. The molecule has 0 unspecified atom stereocenters. The molecule has 0 aliphatic carbocycles. The fourth-order valence-corrected chi connectivity index (χ4v) is 3.09. The van der Waals surface area contributed by atoms with Crippen molar-refractivity contribution in [1.82, 2.24) is 10.3 Å². The van der Waals surface area contributed by atoms with Gasteiger partial charge in [-0.1, -0.05) is 13.8 Å². The number of hydrogen-bond donors (Lipinski definition) is 1. The Bertz CT molecular complexity index is 334. The maximum absolute atomic E-state index is 5.07.